The normalized spacial score (nSPS) is 16.5. The molecule has 3 heteroatoms. The Morgan fingerprint density at radius 2 is 2.07 bits per heavy atom. The molecule has 1 radical (unpaired) electrons. The summed E-state index contributed by atoms with van der Waals surface area (Å²) in [6, 6.07) is 3.55. The molecule has 1 aliphatic rings. The molecular weight excluding hydrogens is 188 g/mol. The molecule has 0 unspecified atom stereocenters. The third-order valence-electron chi connectivity index (χ3n) is 2.75. The molecule has 15 heavy (non-hydrogen) atoms. The summed E-state index contributed by atoms with van der Waals surface area (Å²) in [7, 11) is 0. The Hall–Kier alpha value is -1.38. The molecule has 1 fully saturated rings. The molecule has 2 heterocycles. The lowest BCUT2D eigenvalue weighted by molar-refractivity contribution is 0.104. The highest BCUT2D eigenvalue weighted by Crippen LogP contribution is 2.18. The van der Waals surface area contributed by atoms with E-state index in [1.165, 1.54) is 19.3 Å². The van der Waals surface area contributed by atoms with Crippen LogP contribution in [0.15, 0.2) is 18.3 Å². The second-order valence-electron chi connectivity index (χ2n) is 3.87. The maximum atomic E-state index is 11.1. The fourth-order valence-electron chi connectivity index (χ4n) is 1.89. The minimum absolute atomic E-state index is 0.143. The van der Waals surface area contributed by atoms with Crippen molar-refractivity contribution in [3.63, 3.8) is 0 Å². The number of carbonyl (C=O) groups excluding carboxylic acids is 1. The second kappa shape index (κ2) is 4.43. The molecule has 0 saturated carbocycles. The summed E-state index contributed by atoms with van der Waals surface area (Å²) in [5, 5.41) is 0. The monoisotopic (exact) mass is 203 g/mol. The first-order chi connectivity index (χ1) is 7.27. The van der Waals surface area contributed by atoms with Crippen LogP contribution in [0, 0.1) is 6.92 Å². The Morgan fingerprint density at radius 1 is 1.33 bits per heavy atom. The van der Waals surface area contributed by atoms with Crippen molar-refractivity contribution >= 4 is 11.6 Å². The average molecular weight is 203 g/mol. The van der Waals surface area contributed by atoms with Crippen molar-refractivity contribution in [1.29, 1.82) is 0 Å². The van der Waals surface area contributed by atoms with E-state index in [1.807, 2.05) is 6.07 Å². The van der Waals surface area contributed by atoms with Crippen LogP contribution in [0.4, 0.5) is 5.82 Å². The van der Waals surface area contributed by atoms with Crippen LogP contribution >= 0.6 is 0 Å². The van der Waals surface area contributed by atoms with E-state index in [4.69, 9.17) is 0 Å². The number of ketones is 1. The Kier molecular flexibility index (Phi) is 2.99. The smallest absolute Gasteiger partial charge is 0.163 e. The van der Waals surface area contributed by atoms with Crippen LogP contribution in [0.25, 0.3) is 0 Å². The van der Waals surface area contributed by atoms with Crippen LogP contribution in [0.3, 0.4) is 0 Å². The Bertz CT molecular complexity index is 356. The minimum Gasteiger partial charge on any atom is -0.357 e. The zero-order valence-electron chi connectivity index (χ0n) is 8.78. The van der Waals surface area contributed by atoms with Crippen LogP contribution in [0.2, 0.25) is 0 Å². The summed E-state index contributed by atoms with van der Waals surface area (Å²) < 4.78 is 0. The van der Waals surface area contributed by atoms with Crippen molar-refractivity contribution in [3.05, 3.63) is 30.8 Å². The molecule has 0 spiro atoms. The van der Waals surface area contributed by atoms with Crippen LogP contribution in [0.1, 0.15) is 29.6 Å². The van der Waals surface area contributed by atoms with Gasteiger partial charge in [0.05, 0.1) is 0 Å². The molecule has 1 aliphatic heterocycles. The molecule has 3 nitrogen and oxygen atoms in total. The predicted molar refractivity (Wildman–Crippen MR) is 60.0 cm³/mol. The second-order valence-corrected chi connectivity index (χ2v) is 3.87. The van der Waals surface area contributed by atoms with Crippen molar-refractivity contribution < 1.29 is 4.79 Å². The molecule has 2 rings (SSSR count). The highest BCUT2D eigenvalue weighted by atomic mass is 16.1. The van der Waals surface area contributed by atoms with Crippen molar-refractivity contribution in [2.45, 2.75) is 19.3 Å². The number of rotatable bonds is 2. The maximum absolute atomic E-state index is 11.1. The highest BCUT2D eigenvalue weighted by Gasteiger charge is 2.12. The van der Waals surface area contributed by atoms with Gasteiger partial charge in [0.2, 0.25) is 0 Å². The zero-order chi connectivity index (χ0) is 10.7. The molecule has 1 saturated heterocycles. The lowest BCUT2D eigenvalue weighted by Crippen LogP contribution is -2.30. The Labute approximate surface area is 90.1 Å². The van der Waals surface area contributed by atoms with Gasteiger partial charge in [-0.1, -0.05) is 0 Å². The summed E-state index contributed by atoms with van der Waals surface area (Å²) in [5.74, 6) is 0.764. The molecule has 1 aromatic rings. The Morgan fingerprint density at radius 3 is 2.73 bits per heavy atom. The van der Waals surface area contributed by atoms with Crippen LogP contribution in [-0.2, 0) is 0 Å². The van der Waals surface area contributed by atoms with Crippen molar-refractivity contribution in [3.8, 4) is 0 Å². The van der Waals surface area contributed by atoms with Gasteiger partial charge in [-0.3, -0.25) is 4.79 Å². The van der Waals surface area contributed by atoms with E-state index in [2.05, 4.69) is 16.8 Å². The van der Waals surface area contributed by atoms with E-state index in [0.717, 1.165) is 18.9 Å². The van der Waals surface area contributed by atoms with Crippen LogP contribution < -0.4 is 4.90 Å². The number of anilines is 1. The first-order valence-corrected chi connectivity index (χ1v) is 5.34. The molecule has 0 aliphatic carbocycles. The number of Topliss-reactive ketones (excluding diaryl/α,β-unsaturated/α-hetero) is 1. The molecule has 0 aromatic carbocycles. The van der Waals surface area contributed by atoms with Gasteiger partial charge in [-0.25, -0.2) is 4.98 Å². The third-order valence-corrected chi connectivity index (χ3v) is 2.75. The quantitative estimate of drug-likeness (QED) is 0.690. The standard InChI is InChI=1S/C12H15N2O/c1-10(15)11-5-6-13-12(9-11)14-7-3-2-4-8-14/h5-6,9H,1-4,7-8H2. The average Bonchev–Trinajstić information content (AvgIpc) is 2.30. The summed E-state index contributed by atoms with van der Waals surface area (Å²) in [6.45, 7) is 5.50. The molecular formula is C12H15N2O. The zero-order valence-corrected chi connectivity index (χ0v) is 8.78. The number of nitrogens with zero attached hydrogens (tertiary/aromatic N) is 2. The van der Waals surface area contributed by atoms with Gasteiger partial charge in [0.15, 0.2) is 5.78 Å². The van der Waals surface area contributed by atoms with Crippen LogP contribution in [0.5, 0.6) is 0 Å². The Balaban J connectivity index is 2.19. The molecule has 79 valence electrons. The minimum atomic E-state index is -0.143. The number of pyridine rings is 1. The summed E-state index contributed by atoms with van der Waals surface area (Å²) in [5.41, 5.74) is 0.644. The predicted octanol–water partition coefficient (Wildman–Crippen LogP) is 2.09. The summed E-state index contributed by atoms with van der Waals surface area (Å²) in [4.78, 5) is 17.6. The summed E-state index contributed by atoms with van der Waals surface area (Å²) in [6.07, 6.45) is 5.40. The lowest BCUT2D eigenvalue weighted by Gasteiger charge is -2.27. The van der Waals surface area contributed by atoms with E-state index in [1.54, 1.807) is 12.3 Å². The van der Waals surface area contributed by atoms with Gasteiger partial charge in [0.25, 0.3) is 0 Å². The first kappa shape index (κ1) is 10.1. The van der Waals surface area contributed by atoms with Gasteiger partial charge in [0.1, 0.15) is 5.82 Å². The van der Waals surface area contributed by atoms with Gasteiger partial charge < -0.3 is 4.90 Å². The number of aromatic nitrogens is 1. The van der Waals surface area contributed by atoms with E-state index >= 15 is 0 Å². The van der Waals surface area contributed by atoms with E-state index < -0.39 is 0 Å². The molecule has 0 bridgehead atoms. The van der Waals surface area contributed by atoms with Crippen molar-refractivity contribution in [2.24, 2.45) is 0 Å². The molecule has 0 atom stereocenters. The number of hydrogen-bond acceptors (Lipinski definition) is 3. The van der Waals surface area contributed by atoms with Gasteiger partial charge in [-0.05, 0) is 31.4 Å². The van der Waals surface area contributed by atoms with E-state index in [9.17, 15) is 4.79 Å². The maximum Gasteiger partial charge on any atom is 0.163 e. The van der Waals surface area contributed by atoms with Gasteiger partial charge >= 0.3 is 0 Å². The van der Waals surface area contributed by atoms with Crippen LogP contribution in [-0.4, -0.2) is 23.9 Å². The van der Waals surface area contributed by atoms with Gasteiger partial charge in [-0.15, -0.1) is 0 Å². The fourth-order valence-corrected chi connectivity index (χ4v) is 1.89. The first-order valence-electron chi connectivity index (χ1n) is 5.34. The van der Waals surface area contributed by atoms with Gasteiger partial charge in [0, 0.05) is 31.8 Å². The number of hydrogen-bond donors (Lipinski definition) is 0. The molecule has 0 amide bonds. The van der Waals surface area contributed by atoms with Gasteiger partial charge in [-0.2, -0.15) is 0 Å². The fraction of sp³-hybridized carbons (Fsp3) is 0.417. The lowest BCUT2D eigenvalue weighted by atomic mass is 10.1. The number of piperidine rings is 1. The topological polar surface area (TPSA) is 33.2 Å². The third kappa shape index (κ3) is 2.35. The largest absolute Gasteiger partial charge is 0.357 e. The molecule has 0 N–H and O–H groups in total. The highest BCUT2D eigenvalue weighted by molar-refractivity contribution is 5.99. The van der Waals surface area contributed by atoms with E-state index in [-0.39, 0.29) is 5.78 Å². The molecule has 1 aromatic heterocycles. The van der Waals surface area contributed by atoms with Crippen molar-refractivity contribution in [2.75, 3.05) is 18.0 Å². The van der Waals surface area contributed by atoms with Crippen molar-refractivity contribution in [1.82, 2.24) is 4.98 Å². The number of carbonyl (C=O) groups is 1. The van der Waals surface area contributed by atoms with E-state index in [0.29, 0.717) is 5.56 Å². The SMILES string of the molecule is [CH2]C(=O)c1ccnc(N2CCCCC2)c1. The summed E-state index contributed by atoms with van der Waals surface area (Å²) >= 11 is 0.